The van der Waals surface area contributed by atoms with Crippen LogP contribution in [-0.4, -0.2) is 42.6 Å². The summed E-state index contributed by atoms with van der Waals surface area (Å²) in [7, 11) is 5.80. The van der Waals surface area contributed by atoms with Crippen molar-refractivity contribution in [1.82, 2.24) is 14.9 Å². The Hall–Kier alpha value is -1.89. The summed E-state index contributed by atoms with van der Waals surface area (Å²) in [5.74, 6) is 1.63. The van der Waals surface area contributed by atoms with Gasteiger partial charge >= 0.3 is 0 Å². The van der Waals surface area contributed by atoms with E-state index < -0.39 is 0 Å². The molecule has 0 radical (unpaired) electrons. The summed E-state index contributed by atoms with van der Waals surface area (Å²) in [6.07, 6.45) is 0. The second kappa shape index (κ2) is 7.56. The number of nitrogens with zero attached hydrogens (tertiary/aromatic N) is 3. The summed E-state index contributed by atoms with van der Waals surface area (Å²) in [4.78, 5) is 13.0. The Balaban J connectivity index is 1.84. The first kappa shape index (κ1) is 17.9. The zero-order valence-corrected chi connectivity index (χ0v) is 16.3. The molecule has 7 heteroatoms. The Morgan fingerprint density at radius 1 is 1.24 bits per heavy atom. The molecule has 3 aromatic rings. The molecule has 0 fully saturated rings. The zero-order chi connectivity index (χ0) is 18.0. The second-order valence-electron chi connectivity index (χ2n) is 6.05. The number of benzene rings is 1. The predicted octanol–water partition coefficient (Wildman–Crippen LogP) is 4.38. The van der Waals surface area contributed by atoms with Gasteiger partial charge in [-0.1, -0.05) is 12.1 Å². The largest absolute Gasteiger partial charge is 0.497 e. The van der Waals surface area contributed by atoms with Crippen LogP contribution in [0.25, 0.3) is 10.2 Å². The van der Waals surface area contributed by atoms with Gasteiger partial charge in [0, 0.05) is 11.4 Å². The second-order valence-corrected chi connectivity index (χ2v) is 7.62. The summed E-state index contributed by atoms with van der Waals surface area (Å²) in [6, 6.07) is 10.4. The molecule has 25 heavy (non-hydrogen) atoms. The molecule has 0 amide bonds. The van der Waals surface area contributed by atoms with E-state index in [0.29, 0.717) is 6.54 Å². The molecule has 0 saturated heterocycles. The normalized spacial score (nSPS) is 12.6. The lowest BCUT2D eigenvalue weighted by molar-refractivity contribution is 0.311. The van der Waals surface area contributed by atoms with E-state index in [9.17, 15) is 0 Å². The minimum absolute atomic E-state index is 0.189. The number of likely N-dealkylation sites (N-methyl/N-ethyl adjacent to an activating group) is 1. The van der Waals surface area contributed by atoms with Crippen molar-refractivity contribution in [3.63, 3.8) is 0 Å². The monoisotopic (exact) mass is 376 g/mol. The molecule has 0 saturated carbocycles. The highest BCUT2D eigenvalue weighted by atomic mass is 35.5. The lowest BCUT2D eigenvalue weighted by atomic mass is 10.1. The van der Waals surface area contributed by atoms with Crippen molar-refractivity contribution >= 4 is 39.0 Å². The maximum absolute atomic E-state index is 6.08. The van der Waals surface area contributed by atoms with Gasteiger partial charge in [0.15, 0.2) is 0 Å². The fraction of sp³-hybridized carbons (Fsp3) is 0.333. The van der Waals surface area contributed by atoms with Gasteiger partial charge in [-0.25, -0.2) is 9.97 Å². The van der Waals surface area contributed by atoms with Crippen LogP contribution in [0.3, 0.4) is 0 Å². The molecule has 0 aliphatic rings. The number of thiophene rings is 1. The number of halogens is 1. The minimum atomic E-state index is 0.189. The van der Waals surface area contributed by atoms with Crippen LogP contribution in [-0.2, 0) is 0 Å². The number of aromatic nitrogens is 2. The average molecular weight is 377 g/mol. The highest BCUT2D eigenvalue weighted by Gasteiger charge is 2.16. The quantitative estimate of drug-likeness (QED) is 0.647. The Kier molecular flexibility index (Phi) is 5.42. The van der Waals surface area contributed by atoms with Gasteiger partial charge in [-0.15, -0.1) is 11.3 Å². The van der Waals surface area contributed by atoms with Crippen molar-refractivity contribution in [2.24, 2.45) is 0 Å². The molecular formula is C18H21ClN4OS. The summed E-state index contributed by atoms with van der Waals surface area (Å²) >= 11 is 7.70. The van der Waals surface area contributed by atoms with Crippen molar-refractivity contribution in [3.05, 3.63) is 46.1 Å². The Morgan fingerprint density at radius 2 is 1.96 bits per heavy atom. The van der Waals surface area contributed by atoms with Gasteiger partial charge < -0.3 is 15.0 Å². The number of methoxy groups -OCH3 is 1. The highest BCUT2D eigenvalue weighted by molar-refractivity contribution is 7.18. The van der Waals surface area contributed by atoms with Gasteiger partial charge in [-0.3, -0.25) is 0 Å². The molecule has 0 spiro atoms. The number of nitrogens with one attached hydrogen (secondary N) is 1. The van der Waals surface area contributed by atoms with E-state index in [1.54, 1.807) is 18.4 Å². The van der Waals surface area contributed by atoms with Gasteiger partial charge in [0.25, 0.3) is 0 Å². The van der Waals surface area contributed by atoms with Crippen molar-refractivity contribution in [2.45, 2.75) is 13.0 Å². The lowest BCUT2D eigenvalue weighted by Crippen LogP contribution is -2.27. The molecule has 0 aliphatic carbocycles. The van der Waals surface area contributed by atoms with Crippen LogP contribution in [0.2, 0.25) is 5.28 Å². The van der Waals surface area contributed by atoms with Crippen LogP contribution >= 0.6 is 22.9 Å². The van der Waals surface area contributed by atoms with Crippen molar-refractivity contribution in [2.75, 3.05) is 33.1 Å². The number of aryl methyl sites for hydroxylation is 1. The molecule has 0 bridgehead atoms. The van der Waals surface area contributed by atoms with Crippen LogP contribution < -0.4 is 10.1 Å². The number of anilines is 1. The molecule has 2 aromatic heterocycles. The number of hydrogen-bond donors (Lipinski definition) is 1. The third kappa shape index (κ3) is 4.03. The minimum Gasteiger partial charge on any atom is -0.497 e. The Bertz CT molecular complexity index is 863. The molecule has 1 unspecified atom stereocenters. The van der Waals surface area contributed by atoms with Gasteiger partial charge in [-0.05, 0) is 56.4 Å². The molecule has 1 N–H and O–H groups in total. The van der Waals surface area contributed by atoms with E-state index in [1.807, 2.05) is 12.1 Å². The summed E-state index contributed by atoms with van der Waals surface area (Å²) < 4.78 is 5.24. The van der Waals surface area contributed by atoms with Crippen LogP contribution in [0, 0.1) is 6.92 Å². The van der Waals surface area contributed by atoms with Crippen molar-refractivity contribution in [3.8, 4) is 5.75 Å². The third-order valence-corrected chi connectivity index (χ3v) is 5.19. The first-order valence-corrected chi connectivity index (χ1v) is 9.15. The standard InChI is InChI=1S/C18H21ClN4OS/c1-11-9-14-16(21-18(19)22-17(14)25-11)20-10-15(23(2)3)12-5-7-13(24-4)8-6-12/h5-9,15H,10H2,1-4H3,(H,20,21,22). The first-order valence-electron chi connectivity index (χ1n) is 7.96. The molecule has 2 heterocycles. The van der Waals surface area contributed by atoms with Crippen LogP contribution in [0.4, 0.5) is 5.82 Å². The SMILES string of the molecule is COc1ccc(C(CNc2nc(Cl)nc3sc(C)cc23)N(C)C)cc1. The molecule has 0 aliphatic heterocycles. The van der Waals surface area contributed by atoms with E-state index in [2.05, 4.69) is 59.4 Å². The first-order chi connectivity index (χ1) is 12.0. The van der Waals surface area contributed by atoms with Gasteiger partial charge in [0.05, 0.1) is 18.5 Å². The molecule has 132 valence electrons. The van der Waals surface area contributed by atoms with Gasteiger partial charge in [-0.2, -0.15) is 0 Å². The molecule has 1 atom stereocenters. The molecular weight excluding hydrogens is 356 g/mol. The maximum atomic E-state index is 6.08. The molecule has 1 aromatic carbocycles. The number of hydrogen-bond acceptors (Lipinski definition) is 6. The van der Waals surface area contributed by atoms with Crippen LogP contribution in [0.15, 0.2) is 30.3 Å². The lowest BCUT2D eigenvalue weighted by Gasteiger charge is -2.25. The van der Waals surface area contributed by atoms with E-state index in [0.717, 1.165) is 21.8 Å². The van der Waals surface area contributed by atoms with Crippen LogP contribution in [0.5, 0.6) is 5.75 Å². The Labute approximate surface area is 156 Å². The van der Waals surface area contributed by atoms with Gasteiger partial charge in [0.2, 0.25) is 5.28 Å². The topological polar surface area (TPSA) is 50.3 Å². The average Bonchev–Trinajstić information content (AvgIpc) is 2.95. The molecule has 3 rings (SSSR count). The van der Waals surface area contributed by atoms with E-state index >= 15 is 0 Å². The van der Waals surface area contributed by atoms with E-state index in [-0.39, 0.29) is 11.3 Å². The smallest absolute Gasteiger partial charge is 0.225 e. The number of ether oxygens (including phenoxy) is 1. The fourth-order valence-electron chi connectivity index (χ4n) is 2.77. The van der Waals surface area contributed by atoms with E-state index in [4.69, 9.17) is 16.3 Å². The fourth-order valence-corrected chi connectivity index (χ4v) is 3.87. The molecule has 5 nitrogen and oxygen atoms in total. The summed E-state index contributed by atoms with van der Waals surface area (Å²) in [5.41, 5.74) is 1.20. The summed E-state index contributed by atoms with van der Waals surface area (Å²) in [5, 5.41) is 4.73. The van der Waals surface area contributed by atoms with E-state index in [1.165, 1.54) is 10.4 Å². The highest BCUT2D eigenvalue weighted by Crippen LogP contribution is 2.30. The van der Waals surface area contributed by atoms with Crippen molar-refractivity contribution in [1.29, 1.82) is 0 Å². The van der Waals surface area contributed by atoms with Crippen molar-refractivity contribution < 1.29 is 4.74 Å². The Morgan fingerprint density at radius 3 is 2.60 bits per heavy atom. The van der Waals surface area contributed by atoms with Crippen LogP contribution in [0.1, 0.15) is 16.5 Å². The third-order valence-electron chi connectivity index (χ3n) is 4.08. The zero-order valence-electron chi connectivity index (χ0n) is 14.7. The predicted molar refractivity (Wildman–Crippen MR) is 105 cm³/mol. The summed E-state index contributed by atoms with van der Waals surface area (Å²) in [6.45, 7) is 2.76. The maximum Gasteiger partial charge on any atom is 0.225 e. The number of rotatable bonds is 6. The number of fused-ring (bicyclic) bond motifs is 1. The van der Waals surface area contributed by atoms with Gasteiger partial charge in [0.1, 0.15) is 16.4 Å².